The van der Waals surface area contributed by atoms with Crippen LogP contribution in [0, 0.1) is 5.82 Å². The van der Waals surface area contributed by atoms with Crippen LogP contribution in [-0.4, -0.2) is 51.6 Å². The zero-order valence-electron chi connectivity index (χ0n) is 16.5. The normalized spacial score (nSPS) is 19.0. The Morgan fingerprint density at radius 3 is 2.62 bits per heavy atom. The van der Waals surface area contributed by atoms with Gasteiger partial charge in [0.25, 0.3) is 0 Å². The summed E-state index contributed by atoms with van der Waals surface area (Å²) in [6, 6.07) is 16.5. The number of aromatic nitrogens is 2. The van der Waals surface area contributed by atoms with Crippen LogP contribution in [0.15, 0.2) is 67.0 Å². The van der Waals surface area contributed by atoms with E-state index in [0.717, 1.165) is 24.5 Å². The van der Waals surface area contributed by atoms with Crippen LogP contribution in [0.25, 0.3) is 5.69 Å². The van der Waals surface area contributed by atoms with Gasteiger partial charge in [-0.1, -0.05) is 18.2 Å². The molecule has 1 aromatic carbocycles. The van der Waals surface area contributed by atoms with Crippen LogP contribution in [-0.2, 0) is 0 Å². The number of likely N-dealkylation sites (N-methyl/N-ethyl adjacent to an activating group) is 1. The Morgan fingerprint density at radius 2 is 1.90 bits per heavy atom. The van der Waals surface area contributed by atoms with E-state index in [9.17, 15) is 4.39 Å². The molecule has 0 spiro atoms. The van der Waals surface area contributed by atoms with Gasteiger partial charge >= 0.3 is 0 Å². The van der Waals surface area contributed by atoms with Gasteiger partial charge in [-0.25, -0.2) is 4.39 Å². The van der Waals surface area contributed by atoms with Crippen molar-refractivity contribution in [2.75, 3.05) is 27.2 Å². The fourth-order valence-corrected chi connectivity index (χ4v) is 4.11. The maximum atomic E-state index is 14.6. The van der Waals surface area contributed by atoms with Gasteiger partial charge in [-0.15, -0.1) is 0 Å². The minimum absolute atomic E-state index is 0.105. The summed E-state index contributed by atoms with van der Waals surface area (Å²) in [5.74, 6) is -0.257. The largest absolute Gasteiger partial charge is 0.352 e. The lowest BCUT2D eigenvalue weighted by Crippen LogP contribution is -2.36. The lowest BCUT2D eigenvalue weighted by atomic mass is 10.0. The molecule has 0 amide bonds. The number of hydrogen-bond acceptors (Lipinski definition) is 3. The summed E-state index contributed by atoms with van der Waals surface area (Å²) < 4.78 is 16.5. The van der Waals surface area contributed by atoms with E-state index in [1.807, 2.05) is 61.3 Å². The monoisotopic (exact) mass is 409 g/mol. The van der Waals surface area contributed by atoms with E-state index >= 15 is 0 Å². The first-order valence-electron chi connectivity index (χ1n) is 9.61. The van der Waals surface area contributed by atoms with Crippen molar-refractivity contribution in [3.63, 3.8) is 0 Å². The number of nitrogens with one attached hydrogen (secondary N) is 1. The zero-order chi connectivity index (χ0) is 20.4. The number of para-hydroxylation sites is 1. The third-order valence-electron chi connectivity index (χ3n) is 5.18. The predicted molar refractivity (Wildman–Crippen MR) is 116 cm³/mol. The van der Waals surface area contributed by atoms with E-state index in [1.165, 1.54) is 6.07 Å². The van der Waals surface area contributed by atoms with Crippen molar-refractivity contribution in [2.24, 2.45) is 0 Å². The third-order valence-corrected chi connectivity index (χ3v) is 5.53. The molecule has 3 heterocycles. The van der Waals surface area contributed by atoms with Crippen LogP contribution in [0.4, 0.5) is 4.39 Å². The zero-order valence-corrected chi connectivity index (χ0v) is 17.3. The minimum atomic E-state index is -0.257. The van der Waals surface area contributed by atoms with E-state index in [-0.39, 0.29) is 17.9 Å². The molecule has 1 aliphatic heterocycles. The summed E-state index contributed by atoms with van der Waals surface area (Å²) in [4.78, 5) is 8.87. The Bertz CT molecular complexity index is 988. The molecular formula is C22H24FN5S. The predicted octanol–water partition coefficient (Wildman–Crippen LogP) is 3.55. The molecule has 0 bridgehead atoms. The fourth-order valence-electron chi connectivity index (χ4n) is 3.78. The van der Waals surface area contributed by atoms with Crippen LogP contribution in [0.5, 0.6) is 0 Å². The topological polar surface area (TPSA) is 36.3 Å². The number of nitrogens with zero attached hydrogens (tertiary/aromatic N) is 4. The van der Waals surface area contributed by atoms with Gasteiger partial charge in [0.1, 0.15) is 5.82 Å². The Hall–Kier alpha value is -2.77. The fraction of sp³-hybridized carbons (Fsp3) is 0.273. The summed E-state index contributed by atoms with van der Waals surface area (Å²) >= 11 is 5.69. The highest BCUT2D eigenvalue weighted by Crippen LogP contribution is 2.39. The molecule has 1 aliphatic rings. The van der Waals surface area contributed by atoms with Crippen LogP contribution in [0.1, 0.15) is 23.5 Å². The number of benzene rings is 1. The quantitative estimate of drug-likeness (QED) is 0.630. The van der Waals surface area contributed by atoms with E-state index in [4.69, 9.17) is 12.2 Å². The van der Waals surface area contributed by atoms with Crippen LogP contribution < -0.4 is 5.32 Å². The molecule has 1 N–H and O–H groups in total. The Morgan fingerprint density at radius 1 is 1.10 bits per heavy atom. The highest BCUT2D eigenvalue weighted by atomic mass is 32.1. The van der Waals surface area contributed by atoms with Gasteiger partial charge in [0, 0.05) is 31.2 Å². The third kappa shape index (κ3) is 3.88. The van der Waals surface area contributed by atoms with Crippen molar-refractivity contribution in [1.29, 1.82) is 0 Å². The first-order valence-corrected chi connectivity index (χ1v) is 10.0. The molecule has 2 aromatic heterocycles. The second-order valence-corrected chi connectivity index (χ2v) is 7.76. The van der Waals surface area contributed by atoms with E-state index < -0.39 is 0 Å². The van der Waals surface area contributed by atoms with Gasteiger partial charge in [0.2, 0.25) is 0 Å². The second-order valence-electron chi connectivity index (χ2n) is 7.38. The van der Waals surface area contributed by atoms with Crippen LogP contribution in [0.2, 0.25) is 0 Å². The minimum Gasteiger partial charge on any atom is -0.352 e. The lowest BCUT2D eigenvalue weighted by Gasteiger charge is -2.29. The smallest absolute Gasteiger partial charge is 0.170 e. The molecule has 0 saturated carbocycles. The molecule has 2 atom stereocenters. The van der Waals surface area contributed by atoms with Crippen molar-refractivity contribution < 1.29 is 4.39 Å². The van der Waals surface area contributed by atoms with Gasteiger partial charge < -0.3 is 19.7 Å². The molecule has 5 nitrogen and oxygen atoms in total. The molecule has 2 unspecified atom stereocenters. The second kappa shape index (κ2) is 8.31. The van der Waals surface area contributed by atoms with Crippen molar-refractivity contribution in [3.8, 4) is 5.69 Å². The van der Waals surface area contributed by atoms with E-state index in [2.05, 4.69) is 20.1 Å². The maximum Gasteiger partial charge on any atom is 0.170 e. The highest BCUT2D eigenvalue weighted by molar-refractivity contribution is 7.80. The molecule has 4 rings (SSSR count). The van der Waals surface area contributed by atoms with Gasteiger partial charge in [-0.3, -0.25) is 4.98 Å². The van der Waals surface area contributed by atoms with Crippen molar-refractivity contribution in [2.45, 2.75) is 12.1 Å². The molecule has 29 heavy (non-hydrogen) atoms. The van der Waals surface area contributed by atoms with Gasteiger partial charge in [0.15, 0.2) is 5.11 Å². The number of halogens is 1. The van der Waals surface area contributed by atoms with E-state index in [0.29, 0.717) is 10.8 Å². The van der Waals surface area contributed by atoms with Crippen molar-refractivity contribution >= 4 is 17.3 Å². The van der Waals surface area contributed by atoms with Crippen LogP contribution >= 0.6 is 12.2 Å². The Kier molecular flexibility index (Phi) is 5.60. The molecule has 1 saturated heterocycles. The SMILES string of the molecule is CN(C)CCN1C(=S)NC(c2ccccn2)C1c1cccn1-c1ccccc1F. The standard InChI is InChI=1S/C22H24FN5S/c1-26(2)14-15-28-21(20(25-22(28)29)17-9-5-6-12-24-17)19-11-7-13-27(19)18-10-4-3-8-16(18)23/h3-13,20-21H,14-15H2,1-2H3,(H,25,29). The number of hydrogen-bond donors (Lipinski definition) is 1. The summed E-state index contributed by atoms with van der Waals surface area (Å²) in [5.41, 5.74) is 2.41. The summed E-state index contributed by atoms with van der Waals surface area (Å²) in [6.45, 7) is 1.61. The first kappa shape index (κ1) is 19.5. The average Bonchev–Trinajstić information content (AvgIpc) is 3.31. The Labute approximate surface area is 175 Å². The molecular weight excluding hydrogens is 385 g/mol. The Balaban J connectivity index is 1.79. The van der Waals surface area contributed by atoms with Gasteiger partial charge in [0.05, 0.1) is 23.5 Å². The van der Waals surface area contributed by atoms with Crippen molar-refractivity contribution in [3.05, 3.63) is 84.2 Å². The molecule has 0 aliphatic carbocycles. The molecule has 3 aromatic rings. The summed E-state index contributed by atoms with van der Waals surface area (Å²) in [7, 11) is 4.08. The molecule has 0 radical (unpaired) electrons. The average molecular weight is 410 g/mol. The summed E-state index contributed by atoms with van der Waals surface area (Å²) in [6.07, 6.45) is 3.68. The highest BCUT2D eigenvalue weighted by Gasteiger charge is 2.41. The molecule has 7 heteroatoms. The number of thiocarbonyl (C=S) groups is 1. The van der Waals surface area contributed by atoms with Gasteiger partial charge in [-0.05, 0) is 62.7 Å². The number of rotatable bonds is 6. The van der Waals surface area contributed by atoms with Crippen LogP contribution in [0.3, 0.4) is 0 Å². The van der Waals surface area contributed by atoms with Crippen molar-refractivity contribution in [1.82, 2.24) is 24.7 Å². The van der Waals surface area contributed by atoms with Gasteiger partial charge in [-0.2, -0.15) is 0 Å². The maximum absolute atomic E-state index is 14.6. The lowest BCUT2D eigenvalue weighted by molar-refractivity contribution is 0.272. The molecule has 1 fully saturated rings. The number of pyridine rings is 1. The molecule has 150 valence electrons. The first-order chi connectivity index (χ1) is 14.1. The summed E-state index contributed by atoms with van der Waals surface area (Å²) in [5, 5.41) is 4.13. The van der Waals surface area contributed by atoms with E-state index in [1.54, 1.807) is 18.3 Å².